The molecule has 0 aliphatic heterocycles. The minimum atomic E-state index is -0.0225. The van der Waals surface area contributed by atoms with Crippen LogP contribution in [0.5, 0.6) is 0 Å². The van der Waals surface area contributed by atoms with Crippen molar-refractivity contribution in [1.29, 1.82) is 0 Å². The Hall–Kier alpha value is -1.06. The Morgan fingerprint density at radius 1 is 1.35 bits per heavy atom. The van der Waals surface area contributed by atoms with E-state index in [9.17, 15) is 4.79 Å². The first-order valence-electron chi connectivity index (χ1n) is 5.57. The maximum atomic E-state index is 11.8. The lowest BCUT2D eigenvalue weighted by molar-refractivity contribution is -0.119. The summed E-state index contributed by atoms with van der Waals surface area (Å²) in [5, 5.41) is 5.94. The molecule has 4 heteroatoms. The van der Waals surface area contributed by atoms with E-state index in [1.54, 1.807) is 0 Å². The molecule has 0 saturated heterocycles. The van der Waals surface area contributed by atoms with Crippen molar-refractivity contribution >= 4 is 24.0 Å². The largest absolute Gasteiger partial charge is 0.326 e. The first-order chi connectivity index (χ1) is 7.54. The van der Waals surface area contributed by atoms with Gasteiger partial charge in [0, 0.05) is 18.2 Å². The molecule has 0 aliphatic rings. The van der Waals surface area contributed by atoms with E-state index in [4.69, 9.17) is 0 Å². The van der Waals surface area contributed by atoms with Crippen molar-refractivity contribution in [2.45, 2.75) is 20.8 Å². The van der Waals surface area contributed by atoms with Crippen molar-refractivity contribution in [3.63, 3.8) is 0 Å². The summed E-state index contributed by atoms with van der Waals surface area (Å²) in [7, 11) is 1.85. The monoisotopic (exact) mass is 256 g/mol. The Morgan fingerprint density at radius 2 is 2.00 bits per heavy atom. The van der Waals surface area contributed by atoms with Crippen LogP contribution < -0.4 is 10.6 Å². The highest BCUT2D eigenvalue weighted by Crippen LogP contribution is 2.16. The molecule has 0 spiro atoms. The number of carbonyl (C=O) groups excluding carboxylic acids is 1. The minimum Gasteiger partial charge on any atom is -0.326 e. The van der Waals surface area contributed by atoms with Crippen molar-refractivity contribution in [2.75, 3.05) is 18.9 Å². The Kier molecular flexibility index (Phi) is 6.85. The van der Waals surface area contributed by atoms with Crippen LogP contribution in [0.4, 0.5) is 5.69 Å². The van der Waals surface area contributed by atoms with Gasteiger partial charge in [-0.1, -0.05) is 24.6 Å². The molecule has 0 heterocycles. The topological polar surface area (TPSA) is 41.1 Å². The molecule has 2 N–H and O–H groups in total. The molecular weight excluding hydrogens is 236 g/mol. The first kappa shape index (κ1) is 15.9. The highest BCUT2D eigenvalue weighted by molar-refractivity contribution is 5.93. The van der Waals surface area contributed by atoms with Gasteiger partial charge in [0.1, 0.15) is 0 Å². The third-order valence-corrected chi connectivity index (χ3v) is 2.60. The second-order valence-electron chi connectivity index (χ2n) is 4.27. The van der Waals surface area contributed by atoms with Gasteiger partial charge in [0.05, 0.1) is 0 Å². The quantitative estimate of drug-likeness (QED) is 0.869. The van der Waals surface area contributed by atoms with Crippen LogP contribution in [-0.4, -0.2) is 19.5 Å². The number of aryl methyl sites for hydroxylation is 2. The highest BCUT2D eigenvalue weighted by Gasteiger charge is 2.12. The zero-order valence-corrected chi connectivity index (χ0v) is 11.6. The highest BCUT2D eigenvalue weighted by atomic mass is 35.5. The number of amides is 1. The number of halogens is 1. The number of hydrogen-bond donors (Lipinski definition) is 2. The van der Waals surface area contributed by atoms with E-state index in [2.05, 4.69) is 16.7 Å². The Labute approximate surface area is 109 Å². The molecule has 1 aromatic rings. The lowest BCUT2D eigenvalue weighted by Crippen LogP contribution is -2.28. The second kappa shape index (κ2) is 7.30. The standard InChI is InChI=1S/C13H20N2O.ClH/c1-9-5-6-12(10(2)7-9)15-13(16)11(3)8-14-4;/h5-7,11,14H,8H2,1-4H3,(H,15,16);1H. The van der Waals surface area contributed by atoms with Crippen molar-refractivity contribution in [1.82, 2.24) is 5.32 Å². The van der Waals surface area contributed by atoms with Crippen LogP contribution in [-0.2, 0) is 4.79 Å². The average molecular weight is 257 g/mol. The Morgan fingerprint density at radius 3 is 2.53 bits per heavy atom. The molecule has 3 nitrogen and oxygen atoms in total. The van der Waals surface area contributed by atoms with Gasteiger partial charge in [-0.15, -0.1) is 12.4 Å². The van der Waals surface area contributed by atoms with Crippen LogP contribution in [0.3, 0.4) is 0 Å². The fourth-order valence-electron chi connectivity index (χ4n) is 1.61. The van der Waals surface area contributed by atoms with Gasteiger partial charge in [0.15, 0.2) is 0 Å². The lowest BCUT2D eigenvalue weighted by atomic mass is 10.1. The van der Waals surface area contributed by atoms with E-state index in [1.165, 1.54) is 5.56 Å². The summed E-state index contributed by atoms with van der Waals surface area (Å²) < 4.78 is 0. The molecule has 1 unspecified atom stereocenters. The number of anilines is 1. The van der Waals surface area contributed by atoms with Gasteiger partial charge in [0.2, 0.25) is 5.91 Å². The number of hydrogen-bond acceptors (Lipinski definition) is 2. The molecular formula is C13H21ClN2O. The maximum Gasteiger partial charge on any atom is 0.228 e. The van der Waals surface area contributed by atoms with E-state index in [0.717, 1.165) is 11.3 Å². The van der Waals surface area contributed by atoms with Gasteiger partial charge in [-0.25, -0.2) is 0 Å². The van der Waals surface area contributed by atoms with Crippen molar-refractivity contribution in [3.05, 3.63) is 29.3 Å². The average Bonchev–Trinajstić information content (AvgIpc) is 2.22. The molecule has 1 amide bonds. The molecule has 1 atom stereocenters. The van der Waals surface area contributed by atoms with Crippen LogP contribution in [0.15, 0.2) is 18.2 Å². The third-order valence-electron chi connectivity index (χ3n) is 2.60. The van der Waals surface area contributed by atoms with Gasteiger partial charge >= 0.3 is 0 Å². The normalized spacial score (nSPS) is 11.5. The molecule has 96 valence electrons. The molecule has 1 aromatic carbocycles. The minimum absolute atomic E-state index is 0. The number of benzene rings is 1. The molecule has 0 bridgehead atoms. The summed E-state index contributed by atoms with van der Waals surface area (Å²) >= 11 is 0. The zero-order chi connectivity index (χ0) is 12.1. The fraction of sp³-hybridized carbons (Fsp3) is 0.462. The van der Waals surface area contributed by atoms with E-state index in [0.29, 0.717) is 6.54 Å². The van der Waals surface area contributed by atoms with Gasteiger partial charge < -0.3 is 10.6 Å². The molecule has 0 aromatic heterocycles. The number of nitrogens with one attached hydrogen (secondary N) is 2. The summed E-state index contributed by atoms with van der Waals surface area (Å²) in [6.45, 7) is 6.65. The molecule has 17 heavy (non-hydrogen) atoms. The molecule has 0 fully saturated rings. The SMILES string of the molecule is CNCC(C)C(=O)Nc1ccc(C)cc1C.Cl. The Bertz CT molecular complexity index is 380. The molecule has 0 radical (unpaired) electrons. The number of carbonyl (C=O) groups is 1. The van der Waals surface area contributed by atoms with Gasteiger partial charge in [-0.2, -0.15) is 0 Å². The number of rotatable bonds is 4. The molecule has 1 rings (SSSR count). The maximum absolute atomic E-state index is 11.8. The molecule has 0 saturated carbocycles. The smallest absolute Gasteiger partial charge is 0.228 e. The van der Waals surface area contributed by atoms with E-state index >= 15 is 0 Å². The molecule has 0 aliphatic carbocycles. The van der Waals surface area contributed by atoms with Crippen LogP contribution >= 0.6 is 12.4 Å². The zero-order valence-electron chi connectivity index (χ0n) is 10.8. The first-order valence-corrected chi connectivity index (χ1v) is 5.57. The van der Waals surface area contributed by atoms with Crippen LogP contribution in [0, 0.1) is 19.8 Å². The van der Waals surface area contributed by atoms with E-state index in [-0.39, 0.29) is 24.2 Å². The van der Waals surface area contributed by atoms with Gasteiger partial charge in [-0.05, 0) is 32.5 Å². The van der Waals surface area contributed by atoms with Crippen molar-refractivity contribution in [3.8, 4) is 0 Å². The fourth-order valence-corrected chi connectivity index (χ4v) is 1.61. The summed E-state index contributed by atoms with van der Waals surface area (Å²) in [4.78, 5) is 11.8. The second-order valence-corrected chi connectivity index (χ2v) is 4.27. The van der Waals surface area contributed by atoms with Crippen LogP contribution in [0.1, 0.15) is 18.1 Å². The summed E-state index contributed by atoms with van der Waals surface area (Å²) in [6, 6.07) is 6.03. The van der Waals surface area contributed by atoms with Crippen LogP contribution in [0.25, 0.3) is 0 Å². The van der Waals surface area contributed by atoms with Gasteiger partial charge in [-0.3, -0.25) is 4.79 Å². The predicted octanol–water partition coefficient (Wildman–Crippen LogP) is 2.52. The third kappa shape index (κ3) is 4.75. The van der Waals surface area contributed by atoms with Gasteiger partial charge in [0.25, 0.3) is 0 Å². The Balaban J connectivity index is 0.00000256. The van der Waals surface area contributed by atoms with E-state index in [1.807, 2.05) is 40.0 Å². The predicted molar refractivity (Wildman–Crippen MR) is 74.9 cm³/mol. The van der Waals surface area contributed by atoms with E-state index < -0.39 is 0 Å². The van der Waals surface area contributed by atoms with Crippen molar-refractivity contribution in [2.24, 2.45) is 5.92 Å². The van der Waals surface area contributed by atoms with Crippen LogP contribution in [0.2, 0.25) is 0 Å². The summed E-state index contributed by atoms with van der Waals surface area (Å²) in [5.41, 5.74) is 3.21. The lowest BCUT2D eigenvalue weighted by Gasteiger charge is -2.13. The summed E-state index contributed by atoms with van der Waals surface area (Å²) in [5.74, 6) is 0.0343. The van der Waals surface area contributed by atoms with Crippen molar-refractivity contribution < 1.29 is 4.79 Å². The summed E-state index contributed by atoms with van der Waals surface area (Å²) in [6.07, 6.45) is 0.